The predicted molar refractivity (Wildman–Crippen MR) is 92.4 cm³/mol. The van der Waals surface area contributed by atoms with E-state index in [1.165, 1.54) is 38.1 Å². The molecular weight excluding hydrogens is 399 g/mol. The lowest BCUT2D eigenvalue weighted by molar-refractivity contribution is -0.251. The van der Waals surface area contributed by atoms with Crippen molar-refractivity contribution in [2.75, 3.05) is 13.1 Å². The number of carbonyl (C=O) groups excluding carboxylic acids is 1. The Bertz CT molecular complexity index is 892. The second-order valence-corrected chi connectivity index (χ2v) is 8.83. The molecule has 1 heterocycles. The number of nitriles is 1. The first-order valence-corrected chi connectivity index (χ1v) is 9.79. The van der Waals surface area contributed by atoms with Crippen LogP contribution in [0.15, 0.2) is 29.2 Å². The maximum absolute atomic E-state index is 13.0. The van der Waals surface area contributed by atoms with Crippen molar-refractivity contribution in [2.45, 2.75) is 49.5 Å². The van der Waals surface area contributed by atoms with Crippen LogP contribution in [0.25, 0.3) is 0 Å². The molecular formula is C17H20F3N3O4S. The van der Waals surface area contributed by atoms with E-state index in [4.69, 9.17) is 5.26 Å². The van der Waals surface area contributed by atoms with Crippen LogP contribution in [0.1, 0.15) is 26.3 Å². The van der Waals surface area contributed by atoms with Crippen molar-refractivity contribution >= 4 is 15.9 Å². The highest BCUT2D eigenvalue weighted by molar-refractivity contribution is 7.89. The Balaban J connectivity index is 2.27. The third kappa shape index (κ3) is 3.85. The number of sulfonamides is 1. The minimum absolute atomic E-state index is 0.0624. The zero-order valence-electron chi connectivity index (χ0n) is 15.4. The summed E-state index contributed by atoms with van der Waals surface area (Å²) in [6.07, 6.45) is -5.15. The maximum atomic E-state index is 13.0. The minimum Gasteiger partial charge on any atom is -0.373 e. The number of halogens is 3. The minimum atomic E-state index is -5.15. The number of nitrogens with zero attached hydrogens (tertiary/aromatic N) is 3. The number of aliphatic hydroxyl groups is 1. The maximum Gasteiger partial charge on any atom is 0.426 e. The fourth-order valence-electron chi connectivity index (χ4n) is 2.95. The van der Waals surface area contributed by atoms with Gasteiger partial charge >= 0.3 is 6.18 Å². The van der Waals surface area contributed by atoms with E-state index in [-0.39, 0.29) is 23.5 Å². The van der Waals surface area contributed by atoms with Gasteiger partial charge in [-0.05, 0) is 45.0 Å². The van der Waals surface area contributed by atoms with E-state index in [0.29, 0.717) is 6.92 Å². The van der Waals surface area contributed by atoms with Gasteiger partial charge in [-0.3, -0.25) is 4.79 Å². The number of amides is 1. The zero-order chi connectivity index (χ0) is 21.5. The monoisotopic (exact) mass is 419 g/mol. The molecule has 1 aliphatic heterocycles. The molecule has 1 saturated heterocycles. The number of hydrogen-bond donors (Lipinski definition) is 1. The summed E-state index contributed by atoms with van der Waals surface area (Å²) in [5, 5.41) is 18.5. The molecule has 1 unspecified atom stereocenters. The average Bonchev–Trinajstić information content (AvgIpc) is 2.61. The summed E-state index contributed by atoms with van der Waals surface area (Å²) >= 11 is 0. The van der Waals surface area contributed by atoms with Gasteiger partial charge in [-0.25, -0.2) is 8.42 Å². The zero-order valence-corrected chi connectivity index (χ0v) is 16.3. The Morgan fingerprint density at radius 2 is 1.71 bits per heavy atom. The quantitative estimate of drug-likeness (QED) is 0.800. The van der Waals surface area contributed by atoms with Gasteiger partial charge in [-0.15, -0.1) is 0 Å². The summed E-state index contributed by atoms with van der Waals surface area (Å²) in [5.74, 6) is -1.52. The molecule has 1 amide bonds. The van der Waals surface area contributed by atoms with Crippen molar-refractivity contribution in [3.05, 3.63) is 29.8 Å². The molecule has 154 valence electrons. The molecule has 1 fully saturated rings. The molecule has 11 heteroatoms. The Hall–Kier alpha value is -2.16. The van der Waals surface area contributed by atoms with Crippen LogP contribution in [0.5, 0.6) is 0 Å². The molecule has 0 spiro atoms. The largest absolute Gasteiger partial charge is 0.426 e. The molecule has 0 aromatic heterocycles. The highest BCUT2D eigenvalue weighted by atomic mass is 32.2. The van der Waals surface area contributed by atoms with Crippen LogP contribution < -0.4 is 0 Å². The van der Waals surface area contributed by atoms with Crippen LogP contribution in [-0.2, 0) is 14.8 Å². The first-order chi connectivity index (χ1) is 12.7. The standard InChI is InChI=1S/C17H20F3N3O4S/c1-11-10-23(28(26,27)14-6-4-13(8-21)5-7-14)12(2)9-22(11)15(24)16(3,25)17(18,19)20/h4-7,11-12,25H,9-10H2,1-3H3/t11-,12-,16?/m1/s1. The van der Waals surface area contributed by atoms with Crippen LogP contribution >= 0.6 is 0 Å². The topological polar surface area (TPSA) is 102 Å². The lowest BCUT2D eigenvalue weighted by Gasteiger charge is -2.45. The first-order valence-electron chi connectivity index (χ1n) is 8.35. The highest BCUT2D eigenvalue weighted by Crippen LogP contribution is 2.33. The molecule has 28 heavy (non-hydrogen) atoms. The molecule has 1 aromatic rings. The molecule has 2 rings (SSSR count). The number of carbonyl (C=O) groups is 1. The number of hydrogen-bond acceptors (Lipinski definition) is 5. The van der Waals surface area contributed by atoms with Gasteiger partial charge in [0, 0.05) is 25.2 Å². The summed E-state index contributed by atoms with van der Waals surface area (Å²) in [6, 6.07) is 5.43. The third-order valence-electron chi connectivity index (χ3n) is 4.75. The molecule has 0 saturated carbocycles. The van der Waals surface area contributed by atoms with E-state index in [2.05, 4.69) is 0 Å². The van der Waals surface area contributed by atoms with Crippen molar-refractivity contribution in [2.24, 2.45) is 0 Å². The van der Waals surface area contributed by atoms with Crippen molar-refractivity contribution in [1.82, 2.24) is 9.21 Å². The fraction of sp³-hybridized carbons (Fsp3) is 0.529. The highest BCUT2D eigenvalue weighted by Gasteiger charge is 2.58. The van der Waals surface area contributed by atoms with Gasteiger partial charge in [-0.1, -0.05) is 0 Å². The Labute approximate surface area is 161 Å². The fourth-order valence-corrected chi connectivity index (χ4v) is 4.65. The van der Waals surface area contributed by atoms with E-state index in [9.17, 15) is 31.5 Å². The lowest BCUT2D eigenvalue weighted by atomic mass is 10.0. The molecule has 7 nitrogen and oxygen atoms in total. The molecule has 1 aliphatic rings. The van der Waals surface area contributed by atoms with E-state index in [1.807, 2.05) is 6.07 Å². The predicted octanol–water partition coefficient (Wildman–Crippen LogP) is 1.48. The Morgan fingerprint density at radius 3 is 2.18 bits per heavy atom. The number of rotatable bonds is 3. The van der Waals surface area contributed by atoms with E-state index in [0.717, 1.165) is 9.21 Å². The van der Waals surface area contributed by atoms with Crippen LogP contribution in [0.2, 0.25) is 0 Å². The second-order valence-electron chi connectivity index (χ2n) is 6.94. The second kappa shape index (κ2) is 7.35. The number of piperazine rings is 1. The normalized spacial score (nSPS) is 23.7. The Morgan fingerprint density at radius 1 is 1.18 bits per heavy atom. The van der Waals surface area contributed by atoms with E-state index in [1.54, 1.807) is 0 Å². The first kappa shape index (κ1) is 22.1. The molecule has 3 atom stereocenters. The van der Waals surface area contributed by atoms with Crippen molar-refractivity contribution in [3.63, 3.8) is 0 Å². The Kier molecular flexibility index (Phi) is 5.81. The smallest absolute Gasteiger partial charge is 0.373 e. The van der Waals surface area contributed by atoms with Gasteiger partial charge in [-0.2, -0.15) is 22.7 Å². The molecule has 1 aromatic carbocycles. The number of alkyl halides is 3. The van der Waals surface area contributed by atoms with Crippen molar-refractivity contribution in [1.29, 1.82) is 5.26 Å². The third-order valence-corrected chi connectivity index (χ3v) is 6.74. The molecule has 1 N–H and O–H groups in total. The van der Waals surface area contributed by atoms with Crippen molar-refractivity contribution in [3.8, 4) is 6.07 Å². The van der Waals surface area contributed by atoms with Crippen LogP contribution in [0, 0.1) is 11.3 Å². The summed E-state index contributed by atoms with van der Waals surface area (Å²) in [6.45, 7) is 2.73. The van der Waals surface area contributed by atoms with Gasteiger partial charge in [0.1, 0.15) is 0 Å². The molecule has 0 bridgehead atoms. The molecule has 0 radical (unpaired) electrons. The van der Waals surface area contributed by atoms with E-state index >= 15 is 0 Å². The van der Waals surface area contributed by atoms with Crippen LogP contribution in [0.4, 0.5) is 13.2 Å². The van der Waals surface area contributed by atoms with Gasteiger partial charge in [0.15, 0.2) is 0 Å². The van der Waals surface area contributed by atoms with Crippen molar-refractivity contribution < 1.29 is 31.5 Å². The average molecular weight is 419 g/mol. The SMILES string of the molecule is C[C@@H]1CN(S(=O)(=O)c2ccc(C#N)cc2)[C@H](C)CN1C(=O)C(C)(O)C(F)(F)F. The summed E-state index contributed by atoms with van der Waals surface area (Å²) in [5.41, 5.74) is -3.28. The van der Waals surface area contributed by atoms with Crippen LogP contribution in [-0.4, -0.2) is 65.6 Å². The van der Waals surface area contributed by atoms with Crippen LogP contribution in [0.3, 0.4) is 0 Å². The number of benzene rings is 1. The summed E-state index contributed by atoms with van der Waals surface area (Å²) in [7, 11) is -3.98. The lowest BCUT2D eigenvalue weighted by Crippen LogP contribution is -2.65. The van der Waals surface area contributed by atoms with Gasteiger partial charge < -0.3 is 10.0 Å². The van der Waals surface area contributed by atoms with Gasteiger partial charge in [0.05, 0.1) is 16.5 Å². The van der Waals surface area contributed by atoms with Gasteiger partial charge in [0.25, 0.3) is 5.91 Å². The van der Waals surface area contributed by atoms with Gasteiger partial charge in [0.2, 0.25) is 15.6 Å². The summed E-state index contributed by atoms with van der Waals surface area (Å²) in [4.78, 5) is 13.1. The van der Waals surface area contributed by atoms with E-state index < -0.39 is 39.8 Å². The summed E-state index contributed by atoms with van der Waals surface area (Å²) < 4.78 is 65.8. The molecule has 0 aliphatic carbocycles.